The zero-order chi connectivity index (χ0) is 11.4. The van der Waals surface area contributed by atoms with E-state index < -0.39 is 0 Å². The monoisotopic (exact) mass is 219 g/mol. The number of esters is 1. The Morgan fingerprint density at radius 2 is 2.50 bits per heavy atom. The van der Waals surface area contributed by atoms with Crippen molar-refractivity contribution in [1.29, 1.82) is 0 Å². The van der Waals surface area contributed by atoms with E-state index in [0.717, 1.165) is 31.5 Å². The molecule has 85 valence electrons. The molecule has 1 aliphatic rings. The van der Waals surface area contributed by atoms with Crippen molar-refractivity contribution in [2.75, 3.05) is 18.6 Å². The quantitative estimate of drug-likeness (QED) is 0.705. The van der Waals surface area contributed by atoms with E-state index in [4.69, 9.17) is 4.74 Å². The van der Waals surface area contributed by atoms with Gasteiger partial charge >= 0.3 is 5.97 Å². The molecule has 1 saturated heterocycles. The Balaban J connectivity index is 2.20. The largest absolute Gasteiger partial charge is 0.467 e. The van der Waals surface area contributed by atoms with Crippen molar-refractivity contribution in [2.45, 2.75) is 25.3 Å². The minimum Gasteiger partial charge on any atom is -0.467 e. The Labute approximate surface area is 95.2 Å². The average Bonchev–Trinajstić information content (AvgIpc) is 2.39. The minimum absolute atomic E-state index is 0.169. The lowest BCUT2D eigenvalue weighted by Crippen LogP contribution is -2.45. The van der Waals surface area contributed by atoms with Crippen LogP contribution >= 0.6 is 0 Å². The van der Waals surface area contributed by atoms with Gasteiger partial charge in [0.25, 0.3) is 0 Å². The van der Waals surface area contributed by atoms with Gasteiger partial charge in [-0.1, -0.05) is 0 Å². The molecular weight excluding hydrogens is 204 g/mol. The third kappa shape index (κ3) is 2.15. The topological polar surface area (TPSA) is 42.4 Å². The number of piperidine rings is 1. The third-order valence-corrected chi connectivity index (χ3v) is 2.88. The van der Waals surface area contributed by atoms with Crippen molar-refractivity contribution >= 4 is 11.7 Å². The molecule has 1 radical (unpaired) electrons. The molecule has 0 saturated carbocycles. The molecule has 0 aromatic carbocycles. The molecule has 0 aliphatic carbocycles. The summed E-state index contributed by atoms with van der Waals surface area (Å²) in [6, 6.07) is 3.60. The van der Waals surface area contributed by atoms with Crippen LogP contribution in [0.1, 0.15) is 19.3 Å². The fourth-order valence-electron chi connectivity index (χ4n) is 2.08. The molecule has 1 aromatic rings. The SMILES string of the molecule is COC(=O)C1CCCCN1c1[c]nccc1. The zero-order valence-electron chi connectivity index (χ0n) is 9.35. The maximum atomic E-state index is 11.7. The predicted octanol–water partition coefficient (Wildman–Crippen LogP) is 1.41. The van der Waals surface area contributed by atoms with Crippen molar-refractivity contribution in [2.24, 2.45) is 0 Å². The molecule has 1 unspecified atom stereocenters. The van der Waals surface area contributed by atoms with Crippen LogP contribution in [0.4, 0.5) is 5.69 Å². The van der Waals surface area contributed by atoms with Crippen LogP contribution in [0.2, 0.25) is 0 Å². The number of nitrogens with zero attached hydrogens (tertiary/aromatic N) is 2. The molecule has 2 rings (SSSR count). The molecule has 0 spiro atoms. The molecule has 1 aromatic heterocycles. The first-order chi connectivity index (χ1) is 7.83. The van der Waals surface area contributed by atoms with Gasteiger partial charge in [0, 0.05) is 12.7 Å². The zero-order valence-corrected chi connectivity index (χ0v) is 9.35. The number of methoxy groups -OCH3 is 1. The van der Waals surface area contributed by atoms with Crippen LogP contribution < -0.4 is 4.90 Å². The highest BCUT2D eigenvalue weighted by molar-refractivity contribution is 5.80. The second-order valence-corrected chi connectivity index (χ2v) is 3.86. The Hall–Kier alpha value is -1.58. The van der Waals surface area contributed by atoms with Gasteiger partial charge < -0.3 is 9.64 Å². The summed E-state index contributed by atoms with van der Waals surface area (Å²) in [4.78, 5) is 17.6. The number of carbonyl (C=O) groups excluding carboxylic acids is 1. The fourth-order valence-corrected chi connectivity index (χ4v) is 2.08. The van der Waals surface area contributed by atoms with Crippen molar-refractivity contribution in [1.82, 2.24) is 4.98 Å². The van der Waals surface area contributed by atoms with Crippen LogP contribution in [0.15, 0.2) is 18.3 Å². The van der Waals surface area contributed by atoms with Gasteiger partial charge in [0.2, 0.25) is 0 Å². The first kappa shape index (κ1) is 10.9. The van der Waals surface area contributed by atoms with Gasteiger partial charge in [-0.15, -0.1) is 0 Å². The second kappa shape index (κ2) is 4.96. The van der Waals surface area contributed by atoms with Crippen LogP contribution in [0.3, 0.4) is 0 Å². The van der Waals surface area contributed by atoms with Gasteiger partial charge in [0.1, 0.15) is 12.2 Å². The molecule has 0 N–H and O–H groups in total. The molecule has 4 heteroatoms. The van der Waals surface area contributed by atoms with E-state index in [9.17, 15) is 4.79 Å². The van der Waals surface area contributed by atoms with E-state index in [2.05, 4.69) is 11.2 Å². The Morgan fingerprint density at radius 3 is 3.19 bits per heavy atom. The highest BCUT2D eigenvalue weighted by atomic mass is 16.5. The molecule has 16 heavy (non-hydrogen) atoms. The van der Waals surface area contributed by atoms with Gasteiger partial charge in [-0.2, -0.15) is 0 Å². The first-order valence-electron chi connectivity index (χ1n) is 5.50. The van der Waals surface area contributed by atoms with E-state index in [1.54, 1.807) is 6.20 Å². The van der Waals surface area contributed by atoms with Gasteiger partial charge in [0.15, 0.2) is 0 Å². The molecule has 1 fully saturated rings. The summed E-state index contributed by atoms with van der Waals surface area (Å²) in [7, 11) is 1.43. The molecule has 4 nitrogen and oxygen atoms in total. The summed E-state index contributed by atoms with van der Waals surface area (Å²) in [6.45, 7) is 0.863. The fraction of sp³-hybridized carbons (Fsp3) is 0.500. The summed E-state index contributed by atoms with van der Waals surface area (Å²) in [6.07, 6.45) is 7.60. The number of hydrogen-bond acceptors (Lipinski definition) is 4. The summed E-state index contributed by atoms with van der Waals surface area (Å²) < 4.78 is 4.83. The number of hydrogen-bond donors (Lipinski definition) is 0. The number of pyridine rings is 1. The first-order valence-corrected chi connectivity index (χ1v) is 5.50. The number of anilines is 1. The summed E-state index contributed by atoms with van der Waals surface area (Å²) in [5.41, 5.74) is 0.873. The average molecular weight is 219 g/mol. The van der Waals surface area contributed by atoms with Gasteiger partial charge in [0.05, 0.1) is 12.8 Å². The van der Waals surface area contributed by atoms with Crippen molar-refractivity contribution in [3.05, 3.63) is 24.5 Å². The normalized spacial score (nSPS) is 20.6. The van der Waals surface area contributed by atoms with Crippen LogP contribution in [0, 0.1) is 6.20 Å². The lowest BCUT2D eigenvalue weighted by Gasteiger charge is -2.35. The van der Waals surface area contributed by atoms with E-state index in [1.807, 2.05) is 17.0 Å². The van der Waals surface area contributed by atoms with Crippen LogP contribution in [0.25, 0.3) is 0 Å². The van der Waals surface area contributed by atoms with E-state index in [1.165, 1.54) is 7.11 Å². The van der Waals surface area contributed by atoms with Gasteiger partial charge in [-0.25, -0.2) is 4.79 Å². The maximum Gasteiger partial charge on any atom is 0.328 e. The lowest BCUT2D eigenvalue weighted by molar-refractivity contribution is -0.142. The van der Waals surface area contributed by atoms with Gasteiger partial charge in [-0.05, 0) is 31.4 Å². The Bertz CT molecular complexity index is 353. The van der Waals surface area contributed by atoms with E-state index in [0.29, 0.717) is 0 Å². The summed E-state index contributed by atoms with van der Waals surface area (Å²) in [5, 5.41) is 0. The maximum absolute atomic E-state index is 11.7. The van der Waals surface area contributed by atoms with E-state index in [-0.39, 0.29) is 12.0 Å². The predicted molar refractivity (Wildman–Crippen MR) is 60.1 cm³/mol. The summed E-state index contributed by atoms with van der Waals surface area (Å²) >= 11 is 0. The van der Waals surface area contributed by atoms with Crippen LogP contribution in [-0.4, -0.2) is 30.6 Å². The van der Waals surface area contributed by atoms with Crippen LogP contribution in [0.5, 0.6) is 0 Å². The van der Waals surface area contributed by atoms with Crippen LogP contribution in [-0.2, 0) is 9.53 Å². The smallest absolute Gasteiger partial charge is 0.328 e. The van der Waals surface area contributed by atoms with E-state index >= 15 is 0 Å². The molecule has 2 heterocycles. The number of carbonyl (C=O) groups is 1. The molecule has 1 atom stereocenters. The highest BCUT2D eigenvalue weighted by Gasteiger charge is 2.29. The molecule has 0 bridgehead atoms. The van der Waals surface area contributed by atoms with Gasteiger partial charge in [-0.3, -0.25) is 4.98 Å². The molecule has 1 aliphatic heterocycles. The molecule has 0 amide bonds. The number of aromatic nitrogens is 1. The Kier molecular flexibility index (Phi) is 3.39. The van der Waals surface area contributed by atoms with Crippen molar-refractivity contribution in [3.8, 4) is 0 Å². The summed E-state index contributed by atoms with van der Waals surface area (Å²) in [5.74, 6) is -0.169. The lowest BCUT2D eigenvalue weighted by atomic mass is 10.0. The second-order valence-electron chi connectivity index (χ2n) is 3.86. The Morgan fingerprint density at radius 1 is 1.62 bits per heavy atom. The third-order valence-electron chi connectivity index (χ3n) is 2.88. The number of ether oxygens (including phenoxy) is 1. The highest BCUT2D eigenvalue weighted by Crippen LogP contribution is 2.24. The molecular formula is C12H15N2O2. The number of rotatable bonds is 2. The van der Waals surface area contributed by atoms with Crippen molar-refractivity contribution in [3.63, 3.8) is 0 Å². The standard InChI is InChI=1S/C12H15N2O2/c1-16-12(15)11-6-2-3-8-14(11)10-5-4-7-13-9-10/h4-5,7,11H,2-3,6,8H2,1H3. The van der Waals surface area contributed by atoms with Crippen molar-refractivity contribution < 1.29 is 9.53 Å². The minimum atomic E-state index is -0.181.